The van der Waals surface area contributed by atoms with Crippen molar-refractivity contribution in [1.29, 1.82) is 0 Å². The second-order valence-electron chi connectivity index (χ2n) is 4.67. The lowest BCUT2D eigenvalue weighted by atomic mass is 10.1. The monoisotopic (exact) mass is 259 g/mol. The van der Waals surface area contributed by atoms with E-state index in [-0.39, 0.29) is 13.0 Å². The Morgan fingerprint density at radius 1 is 1.50 bits per heavy atom. The molecule has 104 valence electrons. The van der Waals surface area contributed by atoms with Crippen molar-refractivity contribution in [1.82, 2.24) is 15.5 Å². The van der Waals surface area contributed by atoms with Crippen LogP contribution in [0.25, 0.3) is 0 Å². The van der Waals surface area contributed by atoms with Crippen LogP contribution >= 0.6 is 0 Å². The number of nitrogens with one attached hydrogen (secondary N) is 2. The molecule has 7 heteroatoms. The molecule has 0 radical (unpaired) electrons. The maximum atomic E-state index is 11.5. The Bertz CT molecular complexity index is 298. The van der Waals surface area contributed by atoms with Crippen molar-refractivity contribution in [2.75, 3.05) is 33.3 Å². The fourth-order valence-corrected chi connectivity index (χ4v) is 2.03. The zero-order chi connectivity index (χ0) is 13.5. The fraction of sp³-hybridized carbons (Fsp3) is 0.818. The van der Waals surface area contributed by atoms with Crippen molar-refractivity contribution in [2.45, 2.75) is 18.9 Å². The first-order valence-corrected chi connectivity index (χ1v) is 6.09. The summed E-state index contributed by atoms with van der Waals surface area (Å²) >= 11 is 0. The normalized spacial score (nSPS) is 21.6. The molecule has 1 rings (SSSR count). The summed E-state index contributed by atoms with van der Waals surface area (Å²) < 4.78 is 0. The van der Waals surface area contributed by atoms with E-state index in [2.05, 4.69) is 15.5 Å². The molecule has 0 saturated carbocycles. The molecule has 18 heavy (non-hydrogen) atoms. The van der Waals surface area contributed by atoms with Gasteiger partial charge in [0.25, 0.3) is 0 Å². The molecule has 1 aliphatic heterocycles. The highest BCUT2D eigenvalue weighted by atomic mass is 16.4. The number of urea groups is 1. The third-order valence-corrected chi connectivity index (χ3v) is 3.06. The topological polar surface area (TPSA) is 102 Å². The standard InChI is InChI=1S/C11H21N3O4/c1-14-4-2-8(7-14)6-12-11(18)13-9(3-5-15)10(16)17/h8-9,15H,2-7H2,1H3,(H,16,17)(H2,12,13,18)/t8?,9-/m0/s1. The summed E-state index contributed by atoms with van der Waals surface area (Å²) in [4.78, 5) is 24.4. The van der Waals surface area contributed by atoms with E-state index < -0.39 is 18.0 Å². The molecule has 0 bridgehead atoms. The van der Waals surface area contributed by atoms with Crippen molar-refractivity contribution in [3.05, 3.63) is 0 Å². The highest BCUT2D eigenvalue weighted by Crippen LogP contribution is 2.12. The number of carbonyl (C=O) groups is 2. The first kappa shape index (κ1) is 14.7. The number of amides is 2. The molecule has 1 aliphatic rings. The Balaban J connectivity index is 2.25. The molecule has 0 aromatic carbocycles. The zero-order valence-corrected chi connectivity index (χ0v) is 10.6. The molecular formula is C11H21N3O4. The number of aliphatic hydroxyl groups is 1. The third kappa shape index (κ3) is 4.89. The van der Waals surface area contributed by atoms with Gasteiger partial charge in [0.1, 0.15) is 6.04 Å². The van der Waals surface area contributed by atoms with Gasteiger partial charge in [0.15, 0.2) is 0 Å². The van der Waals surface area contributed by atoms with E-state index in [1.807, 2.05) is 7.05 Å². The summed E-state index contributed by atoms with van der Waals surface area (Å²) in [5.41, 5.74) is 0. The fourth-order valence-electron chi connectivity index (χ4n) is 2.03. The van der Waals surface area contributed by atoms with Crippen LogP contribution in [0.1, 0.15) is 12.8 Å². The van der Waals surface area contributed by atoms with Crippen LogP contribution in [0.15, 0.2) is 0 Å². The molecule has 1 unspecified atom stereocenters. The number of aliphatic hydroxyl groups excluding tert-OH is 1. The smallest absolute Gasteiger partial charge is 0.326 e. The number of likely N-dealkylation sites (tertiary alicyclic amines) is 1. The van der Waals surface area contributed by atoms with Gasteiger partial charge in [-0.05, 0) is 25.9 Å². The second-order valence-corrected chi connectivity index (χ2v) is 4.67. The number of carbonyl (C=O) groups excluding carboxylic acids is 1. The SMILES string of the molecule is CN1CCC(CNC(=O)N[C@@H](CCO)C(=O)O)C1. The predicted molar refractivity (Wildman–Crippen MR) is 65.3 cm³/mol. The summed E-state index contributed by atoms with van der Waals surface area (Å²) in [6.45, 7) is 2.24. The second kappa shape index (κ2) is 7.17. The van der Waals surface area contributed by atoms with Crippen LogP contribution in [0, 0.1) is 5.92 Å². The van der Waals surface area contributed by atoms with E-state index in [1.165, 1.54) is 0 Å². The molecule has 2 atom stereocenters. The molecule has 0 spiro atoms. The lowest BCUT2D eigenvalue weighted by molar-refractivity contribution is -0.139. The number of hydrogen-bond acceptors (Lipinski definition) is 4. The average molecular weight is 259 g/mol. The highest BCUT2D eigenvalue weighted by molar-refractivity contribution is 5.82. The van der Waals surface area contributed by atoms with Gasteiger partial charge in [0.05, 0.1) is 0 Å². The number of rotatable bonds is 6. The van der Waals surface area contributed by atoms with Gasteiger partial charge in [-0.15, -0.1) is 0 Å². The molecule has 4 N–H and O–H groups in total. The van der Waals surface area contributed by atoms with Crippen LogP contribution in [0.5, 0.6) is 0 Å². The number of nitrogens with zero attached hydrogens (tertiary/aromatic N) is 1. The Labute approximate surface area is 106 Å². The zero-order valence-electron chi connectivity index (χ0n) is 10.6. The van der Waals surface area contributed by atoms with E-state index in [0.717, 1.165) is 19.5 Å². The average Bonchev–Trinajstić information content (AvgIpc) is 2.72. The lowest BCUT2D eigenvalue weighted by Crippen LogP contribution is -2.47. The Morgan fingerprint density at radius 3 is 2.72 bits per heavy atom. The Kier molecular flexibility index (Phi) is 5.87. The minimum absolute atomic E-state index is 0.00885. The van der Waals surface area contributed by atoms with E-state index in [0.29, 0.717) is 12.5 Å². The Hall–Kier alpha value is -1.34. The van der Waals surface area contributed by atoms with Crippen LogP contribution in [0.4, 0.5) is 4.79 Å². The Morgan fingerprint density at radius 2 is 2.22 bits per heavy atom. The van der Waals surface area contributed by atoms with Crippen molar-refractivity contribution < 1.29 is 19.8 Å². The lowest BCUT2D eigenvalue weighted by Gasteiger charge is -2.16. The summed E-state index contributed by atoms with van der Waals surface area (Å²) in [5.74, 6) is -0.721. The van der Waals surface area contributed by atoms with Gasteiger partial charge in [-0.1, -0.05) is 0 Å². The minimum Gasteiger partial charge on any atom is -0.480 e. The molecule has 1 fully saturated rings. The van der Waals surface area contributed by atoms with Crippen LogP contribution in [0.3, 0.4) is 0 Å². The van der Waals surface area contributed by atoms with Crippen LogP contribution in [-0.2, 0) is 4.79 Å². The molecule has 2 amide bonds. The maximum Gasteiger partial charge on any atom is 0.326 e. The molecule has 0 aromatic rings. The molecular weight excluding hydrogens is 238 g/mol. The third-order valence-electron chi connectivity index (χ3n) is 3.06. The summed E-state index contributed by atoms with van der Waals surface area (Å²) in [5, 5.41) is 22.5. The first-order valence-electron chi connectivity index (χ1n) is 6.09. The van der Waals surface area contributed by atoms with E-state index in [4.69, 9.17) is 10.2 Å². The number of hydrogen-bond donors (Lipinski definition) is 4. The van der Waals surface area contributed by atoms with Gasteiger partial charge in [0, 0.05) is 26.1 Å². The highest BCUT2D eigenvalue weighted by Gasteiger charge is 2.22. The minimum atomic E-state index is -1.14. The van der Waals surface area contributed by atoms with Crippen molar-refractivity contribution in [2.24, 2.45) is 5.92 Å². The van der Waals surface area contributed by atoms with Crippen molar-refractivity contribution in [3.63, 3.8) is 0 Å². The van der Waals surface area contributed by atoms with Gasteiger partial charge in [-0.3, -0.25) is 0 Å². The molecule has 0 aliphatic carbocycles. The summed E-state index contributed by atoms with van der Waals surface area (Å²) in [7, 11) is 2.03. The maximum absolute atomic E-state index is 11.5. The predicted octanol–water partition coefficient (Wildman–Crippen LogP) is -0.927. The quantitative estimate of drug-likeness (QED) is 0.494. The summed E-state index contributed by atoms with van der Waals surface area (Å²) in [6.07, 6.45) is 1.05. The van der Waals surface area contributed by atoms with E-state index in [9.17, 15) is 9.59 Å². The number of carboxylic acid groups (broad SMARTS) is 1. The van der Waals surface area contributed by atoms with Crippen LogP contribution in [-0.4, -0.2) is 66.4 Å². The van der Waals surface area contributed by atoms with Crippen molar-refractivity contribution in [3.8, 4) is 0 Å². The van der Waals surface area contributed by atoms with E-state index >= 15 is 0 Å². The van der Waals surface area contributed by atoms with Crippen molar-refractivity contribution >= 4 is 12.0 Å². The van der Waals surface area contributed by atoms with Gasteiger partial charge < -0.3 is 25.7 Å². The van der Waals surface area contributed by atoms with Gasteiger partial charge in [0.2, 0.25) is 0 Å². The molecule has 1 heterocycles. The van der Waals surface area contributed by atoms with Crippen LogP contribution in [0.2, 0.25) is 0 Å². The molecule has 7 nitrogen and oxygen atoms in total. The van der Waals surface area contributed by atoms with Gasteiger partial charge >= 0.3 is 12.0 Å². The van der Waals surface area contributed by atoms with Crippen LogP contribution < -0.4 is 10.6 Å². The largest absolute Gasteiger partial charge is 0.480 e. The number of aliphatic carboxylic acids is 1. The van der Waals surface area contributed by atoms with Gasteiger partial charge in [-0.25, -0.2) is 9.59 Å². The molecule has 1 saturated heterocycles. The number of carboxylic acids is 1. The van der Waals surface area contributed by atoms with E-state index in [1.54, 1.807) is 0 Å². The van der Waals surface area contributed by atoms with Gasteiger partial charge in [-0.2, -0.15) is 0 Å². The molecule has 0 aromatic heterocycles. The first-order chi connectivity index (χ1) is 8.52. The summed E-state index contributed by atoms with van der Waals surface area (Å²) in [6, 6.07) is -1.54.